The van der Waals surface area contributed by atoms with Gasteiger partial charge in [-0.05, 0) is 37.0 Å². The molecule has 2 atom stereocenters. The van der Waals surface area contributed by atoms with Crippen molar-refractivity contribution in [3.63, 3.8) is 0 Å². The lowest BCUT2D eigenvalue weighted by atomic mass is 10.0. The number of carbonyl (C=O) groups is 3. The van der Waals surface area contributed by atoms with E-state index in [1.807, 2.05) is 0 Å². The highest BCUT2D eigenvalue weighted by Crippen LogP contribution is 2.20. The third-order valence-corrected chi connectivity index (χ3v) is 4.36. The molecule has 1 saturated heterocycles. The van der Waals surface area contributed by atoms with Gasteiger partial charge in [0, 0.05) is 17.3 Å². The van der Waals surface area contributed by atoms with Crippen molar-refractivity contribution in [2.24, 2.45) is 5.92 Å². The number of hydrogen-bond donors (Lipinski definition) is 3. The second-order valence-corrected chi connectivity index (χ2v) is 6.79. The van der Waals surface area contributed by atoms with Crippen molar-refractivity contribution < 1.29 is 19.5 Å². The molecule has 0 aliphatic carbocycles. The van der Waals surface area contributed by atoms with Crippen LogP contribution in [0.1, 0.15) is 26.7 Å². The van der Waals surface area contributed by atoms with Gasteiger partial charge in [0.1, 0.15) is 12.1 Å². The molecule has 136 valence electrons. The minimum atomic E-state index is -1.02. The molecule has 1 aromatic carbocycles. The lowest BCUT2D eigenvalue weighted by molar-refractivity contribution is -0.149. The SMILES string of the molecule is CC(C)C(NC(=O)Nc1cccc(Cl)c1)C(=O)N1CCC[C@H]1C(=O)O. The first-order valence-corrected chi connectivity index (χ1v) is 8.53. The molecule has 3 amide bonds. The number of aliphatic carboxylic acids is 1. The number of hydrogen-bond acceptors (Lipinski definition) is 3. The zero-order chi connectivity index (χ0) is 18.6. The van der Waals surface area contributed by atoms with E-state index in [1.54, 1.807) is 38.1 Å². The van der Waals surface area contributed by atoms with E-state index in [0.717, 1.165) is 0 Å². The van der Waals surface area contributed by atoms with Crippen LogP contribution >= 0.6 is 11.6 Å². The van der Waals surface area contributed by atoms with E-state index in [2.05, 4.69) is 10.6 Å². The van der Waals surface area contributed by atoms with Crippen molar-refractivity contribution in [3.8, 4) is 0 Å². The van der Waals surface area contributed by atoms with Crippen LogP contribution in [0.15, 0.2) is 24.3 Å². The lowest BCUT2D eigenvalue weighted by Gasteiger charge is -2.29. The minimum Gasteiger partial charge on any atom is -0.480 e. The van der Waals surface area contributed by atoms with Crippen LogP contribution in [0.3, 0.4) is 0 Å². The summed E-state index contributed by atoms with van der Waals surface area (Å²) >= 11 is 5.88. The number of nitrogens with one attached hydrogen (secondary N) is 2. The highest BCUT2D eigenvalue weighted by atomic mass is 35.5. The zero-order valence-corrected chi connectivity index (χ0v) is 14.9. The van der Waals surface area contributed by atoms with Gasteiger partial charge < -0.3 is 20.6 Å². The summed E-state index contributed by atoms with van der Waals surface area (Å²) in [5.74, 6) is -1.58. The average Bonchev–Trinajstić information content (AvgIpc) is 3.01. The number of urea groups is 1. The zero-order valence-electron chi connectivity index (χ0n) is 14.2. The van der Waals surface area contributed by atoms with Crippen molar-refractivity contribution in [2.45, 2.75) is 38.8 Å². The van der Waals surface area contributed by atoms with E-state index < -0.39 is 24.1 Å². The molecule has 1 aromatic rings. The van der Waals surface area contributed by atoms with E-state index in [4.69, 9.17) is 11.6 Å². The number of anilines is 1. The van der Waals surface area contributed by atoms with Gasteiger partial charge in [-0.15, -0.1) is 0 Å². The predicted octanol–water partition coefficient (Wildman–Crippen LogP) is 2.56. The number of carboxylic acids is 1. The van der Waals surface area contributed by atoms with E-state index in [0.29, 0.717) is 30.1 Å². The lowest BCUT2D eigenvalue weighted by Crippen LogP contribution is -2.54. The number of benzene rings is 1. The Morgan fingerprint density at radius 3 is 2.64 bits per heavy atom. The van der Waals surface area contributed by atoms with Crippen molar-refractivity contribution in [2.75, 3.05) is 11.9 Å². The van der Waals surface area contributed by atoms with Gasteiger partial charge in [0.2, 0.25) is 5.91 Å². The Balaban J connectivity index is 2.06. The third-order valence-electron chi connectivity index (χ3n) is 4.12. The molecule has 0 aromatic heterocycles. The smallest absolute Gasteiger partial charge is 0.326 e. The van der Waals surface area contributed by atoms with Crippen molar-refractivity contribution in [3.05, 3.63) is 29.3 Å². The highest BCUT2D eigenvalue weighted by Gasteiger charge is 2.38. The summed E-state index contributed by atoms with van der Waals surface area (Å²) in [5, 5.41) is 15.0. The second kappa shape index (κ2) is 8.20. The first kappa shape index (κ1) is 19.1. The molecule has 1 aliphatic rings. The maximum Gasteiger partial charge on any atom is 0.326 e. The first-order chi connectivity index (χ1) is 11.8. The number of carbonyl (C=O) groups excluding carboxylic acids is 2. The quantitative estimate of drug-likeness (QED) is 0.744. The molecule has 1 unspecified atom stereocenters. The molecule has 8 heteroatoms. The fraction of sp³-hybridized carbons (Fsp3) is 0.471. The number of likely N-dealkylation sites (tertiary alicyclic amines) is 1. The van der Waals surface area contributed by atoms with Crippen LogP contribution in [-0.2, 0) is 9.59 Å². The number of carboxylic acid groups (broad SMARTS) is 1. The Kier molecular flexibility index (Phi) is 6.25. The summed E-state index contributed by atoms with van der Waals surface area (Å²) in [6, 6.07) is 4.48. The van der Waals surface area contributed by atoms with Gasteiger partial charge in [-0.1, -0.05) is 31.5 Å². The van der Waals surface area contributed by atoms with Gasteiger partial charge in [-0.2, -0.15) is 0 Å². The molecule has 1 heterocycles. The Labute approximate surface area is 151 Å². The number of nitrogens with zero attached hydrogens (tertiary/aromatic N) is 1. The Bertz CT molecular complexity index is 665. The maximum absolute atomic E-state index is 12.7. The molecule has 3 N–H and O–H groups in total. The summed E-state index contributed by atoms with van der Waals surface area (Å²) in [6.45, 7) is 3.98. The van der Waals surface area contributed by atoms with E-state index in [9.17, 15) is 19.5 Å². The topological polar surface area (TPSA) is 98.7 Å². The Morgan fingerprint density at radius 1 is 1.32 bits per heavy atom. The fourth-order valence-corrected chi connectivity index (χ4v) is 3.04. The summed E-state index contributed by atoms with van der Waals surface area (Å²) in [7, 11) is 0. The predicted molar refractivity (Wildman–Crippen MR) is 94.6 cm³/mol. The number of rotatable bonds is 5. The summed E-state index contributed by atoms with van der Waals surface area (Å²) in [6.07, 6.45) is 1.07. The largest absolute Gasteiger partial charge is 0.480 e. The molecule has 7 nitrogen and oxygen atoms in total. The molecular weight excluding hydrogens is 346 g/mol. The molecule has 0 spiro atoms. The summed E-state index contributed by atoms with van der Waals surface area (Å²) in [4.78, 5) is 37.6. The molecule has 1 fully saturated rings. The molecule has 0 bridgehead atoms. The Morgan fingerprint density at radius 2 is 2.04 bits per heavy atom. The number of halogens is 1. The second-order valence-electron chi connectivity index (χ2n) is 6.36. The molecule has 0 radical (unpaired) electrons. The van der Waals surface area contributed by atoms with Crippen molar-refractivity contribution >= 4 is 35.2 Å². The van der Waals surface area contributed by atoms with E-state index >= 15 is 0 Å². The molecule has 25 heavy (non-hydrogen) atoms. The molecule has 2 rings (SSSR count). The summed E-state index contributed by atoms with van der Waals surface area (Å²) < 4.78 is 0. The first-order valence-electron chi connectivity index (χ1n) is 8.16. The highest BCUT2D eigenvalue weighted by molar-refractivity contribution is 6.30. The van der Waals surface area contributed by atoms with Crippen LogP contribution in [-0.4, -0.2) is 46.5 Å². The monoisotopic (exact) mass is 367 g/mol. The standard InChI is InChI=1S/C17H22ClN3O4/c1-10(2)14(15(22)21-8-4-7-13(21)16(23)24)20-17(25)19-12-6-3-5-11(18)9-12/h3,5-6,9-10,13-14H,4,7-8H2,1-2H3,(H,23,24)(H2,19,20,25)/t13-,14?/m0/s1. The van der Waals surface area contributed by atoms with Crippen LogP contribution in [0.5, 0.6) is 0 Å². The van der Waals surface area contributed by atoms with Gasteiger partial charge >= 0.3 is 12.0 Å². The molecule has 0 saturated carbocycles. The Hall–Kier alpha value is -2.28. The molecule has 1 aliphatic heterocycles. The summed E-state index contributed by atoms with van der Waals surface area (Å²) in [5.41, 5.74) is 0.504. The van der Waals surface area contributed by atoms with Crippen molar-refractivity contribution in [1.82, 2.24) is 10.2 Å². The minimum absolute atomic E-state index is 0.187. The van der Waals surface area contributed by atoms with Crippen LogP contribution in [0, 0.1) is 5.92 Å². The normalized spacial score (nSPS) is 18.1. The van der Waals surface area contributed by atoms with Crippen LogP contribution in [0.25, 0.3) is 0 Å². The van der Waals surface area contributed by atoms with Crippen molar-refractivity contribution in [1.29, 1.82) is 0 Å². The maximum atomic E-state index is 12.7. The van der Waals surface area contributed by atoms with Gasteiger partial charge in [-0.3, -0.25) is 4.79 Å². The van der Waals surface area contributed by atoms with E-state index in [1.165, 1.54) is 4.90 Å². The third kappa shape index (κ3) is 4.85. The van der Waals surface area contributed by atoms with Gasteiger partial charge in [-0.25, -0.2) is 9.59 Å². The van der Waals surface area contributed by atoms with Crippen LogP contribution in [0.2, 0.25) is 5.02 Å². The van der Waals surface area contributed by atoms with Crippen LogP contribution < -0.4 is 10.6 Å². The molecular formula is C17H22ClN3O4. The van der Waals surface area contributed by atoms with E-state index in [-0.39, 0.29) is 11.8 Å². The van der Waals surface area contributed by atoms with Gasteiger partial charge in [0.25, 0.3) is 0 Å². The van der Waals surface area contributed by atoms with Gasteiger partial charge in [0.15, 0.2) is 0 Å². The van der Waals surface area contributed by atoms with Gasteiger partial charge in [0.05, 0.1) is 0 Å². The number of amides is 3. The fourth-order valence-electron chi connectivity index (χ4n) is 2.85. The average molecular weight is 368 g/mol. The van der Waals surface area contributed by atoms with Crippen LogP contribution in [0.4, 0.5) is 10.5 Å².